The molecule has 1 aliphatic rings. The van der Waals surface area contributed by atoms with Crippen LogP contribution in [0.4, 0.5) is 5.69 Å². The Morgan fingerprint density at radius 3 is 2.78 bits per heavy atom. The second-order valence-corrected chi connectivity index (χ2v) is 6.62. The van der Waals surface area contributed by atoms with Gasteiger partial charge in [-0.1, -0.05) is 6.07 Å². The van der Waals surface area contributed by atoms with Gasteiger partial charge in [-0.15, -0.1) is 11.3 Å². The van der Waals surface area contributed by atoms with Crippen LogP contribution in [0.15, 0.2) is 33.4 Å². The highest BCUT2D eigenvalue weighted by Crippen LogP contribution is 2.28. The Morgan fingerprint density at radius 2 is 2.06 bits per heavy atom. The van der Waals surface area contributed by atoms with Gasteiger partial charge in [0.15, 0.2) is 0 Å². The minimum atomic E-state index is 0.0757. The monoisotopic (exact) mass is 322 g/mol. The molecule has 0 atom stereocenters. The molecule has 0 saturated heterocycles. The molecule has 0 bridgehead atoms. The van der Waals surface area contributed by atoms with Crippen LogP contribution in [0.3, 0.4) is 0 Å². The van der Waals surface area contributed by atoms with E-state index in [9.17, 15) is 4.79 Å². The Balaban J connectivity index is 1.83. The van der Waals surface area contributed by atoms with Crippen LogP contribution in [-0.2, 0) is 13.1 Å². The van der Waals surface area contributed by atoms with E-state index in [4.69, 9.17) is 5.73 Å². The van der Waals surface area contributed by atoms with E-state index in [-0.39, 0.29) is 5.91 Å². The second kappa shape index (κ2) is 4.40. The smallest absolute Gasteiger partial charge is 0.255 e. The molecule has 92 valence electrons. The van der Waals surface area contributed by atoms with Gasteiger partial charge in [-0.25, -0.2) is 0 Å². The van der Waals surface area contributed by atoms with Gasteiger partial charge in [-0.05, 0) is 45.3 Å². The molecule has 1 aliphatic heterocycles. The van der Waals surface area contributed by atoms with Gasteiger partial charge in [0, 0.05) is 24.2 Å². The molecule has 0 radical (unpaired) electrons. The lowest BCUT2D eigenvalue weighted by atomic mass is 10.1. The van der Waals surface area contributed by atoms with Crippen LogP contribution in [0.1, 0.15) is 21.5 Å². The van der Waals surface area contributed by atoms with Crippen molar-refractivity contribution in [1.82, 2.24) is 4.90 Å². The summed E-state index contributed by atoms with van der Waals surface area (Å²) in [6, 6.07) is 7.70. The predicted molar refractivity (Wildman–Crippen MR) is 76.5 cm³/mol. The molecule has 0 aliphatic carbocycles. The van der Waals surface area contributed by atoms with Crippen LogP contribution in [0.5, 0.6) is 0 Å². The molecular weight excluding hydrogens is 312 g/mol. The Kier molecular flexibility index (Phi) is 2.87. The summed E-state index contributed by atoms with van der Waals surface area (Å²) in [7, 11) is 0. The Hall–Kier alpha value is -1.33. The van der Waals surface area contributed by atoms with Crippen molar-refractivity contribution in [2.45, 2.75) is 13.1 Å². The number of nitrogens with zero attached hydrogens (tertiary/aromatic N) is 1. The van der Waals surface area contributed by atoms with Gasteiger partial charge < -0.3 is 10.6 Å². The van der Waals surface area contributed by atoms with Crippen molar-refractivity contribution in [3.8, 4) is 0 Å². The molecule has 0 saturated carbocycles. The van der Waals surface area contributed by atoms with Crippen molar-refractivity contribution in [1.29, 1.82) is 0 Å². The van der Waals surface area contributed by atoms with Crippen LogP contribution < -0.4 is 5.73 Å². The van der Waals surface area contributed by atoms with Crippen LogP contribution in [0, 0.1) is 0 Å². The summed E-state index contributed by atoms with van der Waals surface area (Å²) in [6.45, 7) is 1.31. The van der Waals surface area contributed by atoms with E-state index in [1.165, 1.54) is 16.9 Å². The van der Waals surface area contributed by atoms with Crippen molar-refractivity contribution in [3.05, 3.63) is 50.1 Å². The molecule has 3 rings (SSSR count). The van der Waals surface area contributed by atoms with Crippen LogP contribution in [0.25, 0.3) is 0 Å². The third-order valence-electron chi connectivity index (χ3n) is 3.05. The third-order valence-corrected chi connectivity index (χ3v) is 4.56. The normalized spacial score (nSPS) is 13.7. The average molecular weight is 323 g/mol. The van der Waals surface area contributed by atoms with E-state index >= 15 is 0 Å². The van der Waals surface area contributed by atoms with E-state index in [1.807, 2.05) is 34.5 Å². The molecule has 1 amide bonds. The summed E-state index contributed by atoms with van der Waals surface area (Å²) in [5.41, 5.74) is 9.59. The second-order valence-electron chi connectivity index (χ2n) is 4.33. The molecule has 5 heteroatoms. The number of halogens is 1. The van der Waals surface area contributed by atoms with Crippen molar-refractivity contribution in [3.63, 3.8) is 0 Å². The Bertz CT molecular complexity index is 623. The van der Waals surface area contributed by atoms with Crippen LogP contribution in [-0.4, -0.2) is 10.8 Å². The van der Waals surface area contributed by atoms with Crippen LogP contribution >= 0.6 is 27.3 Å². The van der Waals surface area contributed by atoms with Gasteiger partial charge in [0.05, 0.1) is 9.35 Å². The summed E-state index contributed by atoms with van der Waals surface area (Å²) in [4.78, 5) is 14.1. The standard InChI is InChI=1S/C13H11BrN2OS/c14-12-4-10(7-18-12)13(17)16-5-8-1-2-11(15)3-9(8)6-16/h1-4,7H,5-6,15H2. The molecule has 3 nitrogen and oxygen atoms in total. The third kappa shape index (κ3) is 2.04. The fourth-order valence-corrected chi connectivity index (χ4v) is 3.29. The zero-order valence-electron chi connectivity index (χ0n) is 9.52. The van der Waals surface area contributed by atoms with Gasteiger partial charge in [0.2, 0.25) is 0 Å². The number of hydrogen-bond acceptors (Lipinski definition) is 3. The van der Waals surface area contributed by atoms with E-state index in [0.717, 1.165) is 20.6 Å². The van der Waals surface area contributed by atoms with Gasteiger partial charge in [0.1, 0.15) is 0 Å². The minimum absolute atomic E-state index is 0.0757. The Labute approximate surface area is 117 Å². The van der Waals surface area contributed by atoms with Gasteiger partial charge in [-0.2, -0.15) is 0 Å². The first-order valence-corrected chi connectivity index (χ1v) is 7.21. The van der Waals surface area contributed by atoms with E-state index in [1.54, 1.807) is 0 Å². The highest BCUT2D eigenvalue weighted by Gasteiger charge is 2.24. The number of anilines is 1. The number of carbonyl (C=O) groups excluding carboxylic acids is 1. The fourth-order valence-electron chi connectivity index (χ4n) is 2.16. The SMILES string of the molecule is Nc1ccc2c(c1)CN(C(=O)c1csc(Br)c1)C2. The summed E-state index contributed by atoms with van der Waals surface area (Å²) in [5, 5.41) is 1.88. The number of rotatable bonds is 1. The molecule has 2 heterocycles. The summed E-state index contributed by atoms with van der Waals surface area (Å²) < 4.78 is 0.979. The molecule has 18 heavy (non-hydrogen) atoms. The average Bonchev–Trinajstić information content (AvgIpc) is 2.93. The molecule has 1 aromatic heterocycles. The molecule has 2 aromatic rings. The highest BCUT2D eigenvalue weighted by atomic mass is 79.9. The molecule has 0 fully saturated rings. The summed E-state index contributed by atoms with van der Waals surface area (Å²) in [5.74, 6) is 0.0757. The summed E-state index contributed by atoms with van der Waals surface area (Å²) >= 11 is 4.91. The van der Waals surface area contributed by atoms with Crippen molar-refractivity contribution in [2.24, 2.45) is 0 Å². The number of nitrogen functional groups attached to an aromatic ring is 1. The zero-order chi connectivity index (χ0) is 12.7. The van der Waals surface area contributed by atoms with Gasteiger partial charge in [0.25, 0.3) is 5.91 Å². The molecule has 0 spiro atoms. The molecule has 0 unspecified atom stereocenters. The van der Waals surface area contributed by atoms with Crippen molar-refractivity contribution >= 4 is 38.9 Å². The molecule has 1 aromatic carbocycles. The first kappa shape index (κ1) is 11.7. The van der Waals surface area contributed by atoms with E-state index < -0.39 is 0 Å². The van der Waals surface area contributed by atoms with E-state index in [0.29, 0.717) is 13.1 Å². The number of carbonyl (C=O) groups is 1. The number of thiophene rings is 1. The maximum absolute atomic E-state index is 12.3. The van der Waals surface area contributed by atoms with Crippen LogP contribution in [0.2, 0.25) is 0 Å². The maximum atomic E-state index is 12.3. The quantitative estimate of drug-likeness (QED) is 0.819. The predicted octanol–water partition coefficient (Wildman–Crippen LogP) is 3.25. The first-order chi connectivity index (χ1) is 8.63. The summed E-state index contributed by atoms with van der Waals surface area (Å²) in [6.07, 6.45) is 0. The van der Waals surface area contributed by atoms with E-state index in [2.05, 4.69) is 15.9 Å². The number of fused-ring (bicyclic) bond motifs is 1. The largest absolute Gasteiger partial charge is 0.399 e. The molecule has 2 N–H and O–H groups in total. The lowest BCUT2D eigenvalue weighted by Crippen LogP contribution is -2.24. The van der Waals surface area contributed by atoms with Crippen molar-refractivity contribution < 1.29 is 4.79 Å². The number of nitrogens with two attached hydrogens (primary N) is 1. The first-order valence-electron chi connectivity index (χ1n) is 5.54. The fraction of sp³-hybridized carbons (Fsp3) is 0.154. The number of amides is 1. The maximum Gasteiger partial charge on any atom is 0.255 e. The lowest BCUT2D eigenvalue weighted by Gasteiger charge is -2.14. The molecular formula is C13H11BrN2OS. The van der Waals surface area contributed by atoms with Gasteiger partial charge >= 0.3 is 0 Å². The highest BCUT2D eigenvalue weighted by molar-refractivity contribution is 9.11. The minimum Gasteiger partial charge on any atom is -0.399 e. The zero-order valence-corrected chi connectivity index (χ0v) is 11.9. The van der Waals surface area contributed by atoms with Crippen molar-refractivity contribution in [2.75, 3.05) is 5.73 Å². The Morgan fingerprint density at radius 1 is 1.28 bits per heavy atom. The lowest BCUT2D eigenvalue weighted by molar-refractivity contribution is 0.0752. The topological polar surface area (TPSA) is 46.3 Å². The van der Waals surface area contributed by atoms with Gasteiger partial charge in [-0.3, -0.25) is 4.79 Å². The number of benzene rings is 1. The number of hydrogen-bond donors (Lipinski definition) is 1.